The van der Waals surface area contributed by atoms with Crippen molar-refractivity contribution in [2.24, 2.45) is 0 Å². The van der Waals surface area contributed by atoms with Crippen molar-refractivity contribution < 1.29 is 26.7 Å². The van der Waals surface area contributed by atoms with Crippen LogP contribution in [0.1, 0.15) is 5.56 Å². The topological polar surface area (TPSA) is 143 Å². The van der Waals surface area contributed by atoms with E-state index in [0.717, 1.165) is 18.6 Å². The Balaban J connectivity index is 2.03. The minimum absolute atomic E-state index is 0.0262. The number of rotatable bonds is 7. The SMILES string of the molecule is CS(=O)(=O)c1cccc(Nc2ncc(-c3cccc(C=CC(=O)O)c3)c(S(C)(=O)=O)n2)c1. The maximum absolute atomic E-state index is 12.4. The Labute approximate surface area is 185 Å². The normalized spacial score (nSPS) is 12.1. The number of hydrogen-bond donors (Lipinski definition) is 2. The van der Waals surface area contributed by atoms with Crippen molar-refractivity contribution in [3.05, 3.63) is 66.4 Å². The monoisotopic (exact) mass is 473 g/mol. The Bertz CT molecular complexity index is 1430. The number of hydrogen-bond acceptors (Lipinski definition) is 8. The van der Waals surface area contributed by atoms with E-state index in [9.17, 15) is 21.6 Å². The first-order valence-electron chi connectivity index (χ1n) is 9.09. The molecule has 0 amide bonds. The molecule has 0 aliphatic heterocycles. The molecular weight excluding hydrogens is 454 g/mol. The van der Waals surface area contributed by atoms with Gasteiger partial charge in [-0.1, -0.05) is 24.3 Å². The predicted molar refractivity (Wildman–Crippen MR) is 120 cm³/mol. The zero-order valence-corrected chi connectivity index (χ0v) is 18.7. The van der Waals surface area contributed by atoms with Crippen LogP contribution in [0.25, 0.3) is 17.2 Å². The van der Waals surface area contributed by atoms with Gasteiger partial charge in [0.2, 0.25) is 5.95 Å². The largest absolute Gasteiger partial charge is 0.478 e. The lowest BCUT2D eigenvalue weighted by Gasteiger charge is -2.11. The molecule has 2 aromatic carbocycles. The van der Waals surface area contributed by atoms with Crippen LogP contribution in [-0.4, -0.2) is 50.4 Å². The van der Waals surface area contributed by atoms with Crippen LogP contribution in [0.2, 0.25) is 0 Å². The Hall–Kier alpha value is -3.57. The number of sulfone groups is 2. The molecular formula is C21H19N3O6S2. The summed E-state index contributed by atoms with van der Waals surface area (Å²) in [7, 11) is -7.19. The number of aromatic nitrogens is 2. The van der Waals surface area contributed by atoms with Gasteiger partial charge in [-0.2, -0.15) is 0 Å². The molecule has 1 heterocycles. The van der Waals surface area contributed by atoms with Crippen molar-refractivity contribution in [2.75, 3.05) is 17.8 Å². The van der Waals surface area contributed by atoms with E-state index < -0.39 is 25.6 Å². The molecule has 3 rings (SSSR count). The molecule has 32 heavy (non-hydrogen) atoms. The molecule has 0 atom stereocenters. The summed E-state index contributed by atoms with van der Waals surface area (Å²) in [6.45, 7) is 0. The van der Waals surface area contributed by atoms with Crippen LogP contribution in [0.5, 0.6) is 0 Å². The average Bonchev–Trinajstić information content (AvgIpc) is 2.71. The Morgan fingerprint density at radius 1 is 1.00 bits per heavy atom. The lowest BCUT2D eigenvalue weighted by molar-refractivity contribution is -0.131. The van der Waals surface area contributed by atoms with E-state index in [0.29, 0.717) is 16.8 Å². The van der Waals surface area contributed by atoms with Crippen LogP contribution < -0.4 is 5.32 Å². The Morgan fingerprint density at radius 3 is 2.38 bits per heavy atom. The molecule has 1 aromatic heterocycles. The molecule has 0 bridgehead atoms. The summed E-state index contributed by atoms with van der Waals surface area (Å²) in [5, 5.41) is 11.4. The van der Waals surface area contributed by atoms with Crippen molar-refractivity contribution in [3.63, 3.8) is 0 Å². The number of anilines is 2. The molecule has 3 aromatic rings. The zero-order valence-electron chi connectivity index (χ0n) is 17.1. The van der Waals surface area contributed by atoms with Gasteiger partial charge in [0.15, 0.2) is 24.7 Å². The van der Waals surface area contributed by atoms with Crippen molar-refractivity contribution >= 4 is 43.4 Å². The van der Waals surface area contributed by atoms with Gasteiger partial charge >= 0.3 is 5.97 Å². The van der Waals surface area contributed by atoms with Gasteiger partial charge in [-0.15, -0.1) is 0 Å². The predicted octanol–water partition coefficient (Wildman–Crippen LogP) is 2.79. The van der Waals surface area contributed by atoms with Gasteiger partial charge < -0.3 is 10.4 Å². The quantitative estimate of drug-likeness (QED) is 0.391. The summed E-state index contributed by atoms with van der Waals surface area (Å²) in [6.07, 6.45) is 5.80. The van der Waals surface area contributed by atoms with Crippen molar-refractivity contribution in [1.82, 2.24) is 9.97 Å². The highest BCUT2D eigenvalue weighted by atomic mass is 32.2. The number of carboxylic acids is 1. The van der Waals surface area contributed by atoms with Gasteiger partial charge in [0, 0.05) is 36.0 Å². The molecule has 0 aliphatic carbocycles. The smallest absolute Gasteiger partial charge is 0.328 e. The van der Waals surface area contributed by atoms with Crippen LogP contribution in [0, 0.1) is 0 Å². The van der Waals surface area contributed by atoms with E-state index in [2.05, 4.69) is 15.3 Å². The first-order chi connectivity index (χ1) is 14.9. The molecule has 0 aliphatic rings. The molecule has 11 heteroatoms. The van der Waals surface area contributed by atoms with E-state index in [1.165, 1.54) is 24.4 Å². The van der Waals surface area contributed by atoms with Crippen molar-refractivity contribution in [3.8, 4) is 11.1 Å². The molecule has 0 unspecified atom stereocenters. The van der Waals surface area contributed by atoms with Gasteiger partial charge in [0.05, 0.1) is 4.90 Å². The maximum Gasteiger partial charge on any atom is 0.328 e. The number of nitrogens with zero attached hydrogens (tertiary/aromatic N) is 2. The fraction of sp³-hybridized carbons (Fsp3) is 0.0952. The van der Waals surface area contributed by atoms with Crippen molar-refractivity contribution in [1.29, 1.82) is 0 Å². The molecule has 0 radical (unpaired) electrons. The number of carboxylic acid groups (broad SMARTS) is 1. The second kappa shape index (κ2) is 8.89. The second-order valence-corrected chi connectivity index (χ2v) is 10.9. The van der Waals surface area contributed by atoms with Gasteiger partial charge in [-0.05, 0) is 41.5 Å². The van der Waals surface area contributed by atoms with E-state index in [1.54, 1.807) is 36.4 Å². The van der Waals surface area contributed by atoms with Gasteiger partial charge in [0.25, 0.3) is 0 Å². The van der Waals surface area contributed by atoms with Crippen molar-refractivity contribution in [2.45, 2.75) is 9.92 Å². The molecule has 2 N–H and O–H groups in total. The van der Waals surface area contributed by atoms with Crippen LogP contribution in [0.3, 0.4) is 0 Å². The average molecular weight is 474 g/mol. The highest BCUT2D eigenvalue weighted by molar-refractivity contribution is 7.91. The van der Waals surface area contributed by atoms with Crippen LogP contribution in [0.15, 0.2) is 70.7 Å². The summed E-state index contributed by atoms with van der Waals surface area (Å²) in [5.74, 6) is -1.13. The summed E-state index contributed by atoms with van der Waals surface area (Å²) in [5.41, 5.74) is 1.67. The second-order valence-electron chi connectivity index (χ2n) is 6.91. The minimum atomic E-state index is -3.77. The van der Waals surface area contributed by atoms with Gasteiger partial charge in [-0.25, -0.2) is 31.6 Å². The number of nitrogens with one attached hydrogen (secondary N) is 1. The highest BCUT2D eigenvalue weighted by Gasteiger charge is 2.19. The van der Waals surface area contributed by atoms with E-state index >= 15 is 0 Å². The number of carbonyl (C=O) groups is 1. The van der Waals surface area contributed by atoms with Crippen LogP contribution in [0.4, 0.5) is 11.6 Å². The Morgan fingerprint density at radius 2 is 1.72 bits per heavy atom. The molecule has 0 saturated carbocycles. The fourth-order valence-electron chi connectivity index (χ4n) is 2.82. The third-order valence-corrected chi connectivity index (χ3v) is 6.36. The minimum Gasteiger partial charge on any atom is -0.478 e. The summed E-state index contributed by atoms with van der Waals surface area (Å²) >= 11 is 0. The van der Waals surface area contributed by atoms with E-state index in [4.69, 9.17) is 5.11 Å². The first-order valence-corrected chi connectivity index (χ1v) is 12.9. The fourth-order valence-corrected chi connectivity index (χ4v) is 4.31. The summed E-state index contributed by atoms with van der Waals surface area (Å²) in [4.78, 5) is 19.2. The van der Waals surface area contributed by atoms with Crippen LogP contribution in [-0.2, 0) is 24.5 Å². The van der Waals surface area contributed by atoms with Gasteiger partial charge in [-0.3, -0.25) is 0 Å². The third kappa shape index (κ3) is 5.77. The molecule has 0 spiro atoms. The highest BCUT2D eigenvalue weighted by Crippen LogP contribution is 2.28. The van der Waals surface area contributed by atoms with Crippen LogP contribution >= 0.6 is 0 Å². The molecule has 166 valence electrons. The number of aliphatic carboxylic acids is 1. The number of benzene rings is 2. The lowest BCUT2D eigenvalue weighted by atomic mass is 10.1. The zero-order chi connectivity index (χ0) is 23.5. The third-order valence-electron chi connectivity index (χ3n) is 4.24. The standard InChI is InChI=1S/C21H19N3O6S2/c1-31(27,28)17-8-4-7-16(12-17)23-21-22-13-18(20(24-21)32(2,29)30)15-6-3-5-14(11-15)9-10-19(25)26/h3-13H,1-2H3,(H,25,26)(H,22,23,24). The van der Waals surface area contributed by atoms with E-state index in [1.807, 2.05) is 0 Å². The summed E-state index contributed by atoms with van der Waals surface area (Å²) < 4.78 is 48.4. The maximum atomic E-state index is 12.4. The lowest BCUT2D eigenvalue weighted by Crippen LogP contribution is -2.08. The van der Waals surface area contributed by atoms with Gasteiger partial charge in [0.1, 0.15) is 0 Å². The molecule has 9 nitrogen and oxygen atoms in total. The molecule has 0 saturated heterocycles. The molecule has 0 fully saturated rings. The summed E-state index contributed by atoms with van der Waals surface area (Å²) in [6, 6.07) is 12.6. The Kier molecular flexibility index (Phi) is 6.42. The first kappa shape index (κ1) is 23.1. The van der Waals surface area contributed by atoms with E-state index in [-0.39, 0.29) is 21.4 Å².